The summed E-state index contributed by atoms with van der Waals surface area (Å²) in [7, 11) is -4.06. The van der Waals surface area contributed by atoms with Crippen molar-refractivity contribution in [3.8, 4) is 0 Å². The Morgan fingerprint density at radius 2 is 1.59 bits per heavy atom. The quantitative estimate of drug-likeness (QED) is 0.592. The Bertz CT molecular complexity index is 1180. The van der Waals surface area contributed by atoms with Crippen LogP contribution in [0.2, 0.25) is 5.02 Å². The summed E-state index contributed by atoms with van der Waals surface area (Å²) in [6, 6.07) is 12.4. The van der Waals surface area contributed by atoms with E-state index in [1.165, 1.54) is 24.3 Å². The molecule has 29 heavy (non-hydrogen) atoms. The van der Waals surface area contributed by atoms with Crippen LogP contribution in [0.1, 0.15) is 15.9 Å². The highest BCUT2D eigenvalue weighted by atomic mass is 35.5. The summed E-state index contributed by atoms with van der Waals surface area (Å²) in [5, 5.41) is 2.78. The molecule has 0 fully saturated rings. The minimum Gasteiger partial charge on any atom is -0.319 e. The lowest BCUT2D eigenvalue weighted by atomic mass is 10.2. The molecule has 0 atom stereocenters. The number of halogens is 3. The molecule has 0 bridgehead atoms. The van der Waals surface area contributed by atoms with E-state index in [1.807, 2.05) is 0 Å². The molecular weight excluding hydrogens is 422 g/mol. The van der Waals surface area contributed by atoms with E-state index in [0.29, 0.717) is 16.3 Å². The van der Waals surface area contributed by atoms with Crippen LogP contribution in [0.3, 0.4) is 0 Å². The molecule has 2 N–H and O–H groups in total. The van der Waals surface area contributed by atoms with Crippen molar-refractivity contribution in [1.82, 2.24) is 0 Å². The summed E-state index contributed by atoms with van der Waals surface area (Å²) in [6.07, 6.45) is 0. The van der Waals surface area contributed by atoms with Gasteiger partial charge in [0.05, 0.1) is 16.3 Å². The average molecular weight is 437 g/mol. The van der Waals surface area contributed by atoms with E-state index in [1.54, 1.807) is 13.0 Å². The molecule has 3 aromatic rings. The molecule has 0 saturated heterocycles. The molecule has 0 aromatic heterocycles. The van der Waals surface area contributed by atoms with Crippen molar-refractivity contribution in [2.24, 2.45) is 0 Å². The first-order chi connectivity index (χ1) is 13.7. The van der Waals surface area contributed by atoms with Crippen LogP contribution in [0.25, 0.3) is 0 Å². The van der Waals surface area contributed by atoms with Crippen molar-refractivity contribution >= 4 is 38.9 Å². The fraction of sp³-hybridized carbons (Fsp3) is 0.0500. The first-order valence-corrected chi connectivity index (χ1v) is 10.2. The minimum atomic E-state index is -4.06. The second kappa shape index (κ2) is 8.18. The summed E-state index contributed by atoms with van der Waals surface area (Å²) >= 11 is 5.86. The number of hydrogen-bond acceptors (Lipinski definition) is 3. The third kappa shape index (κ3) is 4.90. The van der Waals surface area contributed by atoms with Gasteiger partial charge in [-0.3, -0.25) is 9.52 Å². The van der Waals surface area contributed by atoms with Gasteiger partial charge >= 0.3 is 0 Å². The average Bonchev–Trinajstić information content (AvgIpc) is 2.66. The molecule has 5 nitrogen and oxygen atoms in total. The Balaban J connectivity index is 1.80. The number of hydrogen-bond donors (Lipinski definition) is 2. The van der Waals surface area contributed by atoms with Crippen LogP contribution in [0.15, 0.2) is 65.6 Å². The fourth-order valence-electron chi connectivity index (χ4n) is 2.51. The Labute approximate surface area is 171 Å². The van der Waals surface area contributed by atoms with Gasteiger partial charge in [-0.15, -0.1) is 0 Å². The van der Waals surface area contributed by atoms with Gasteiger partial charge in [-0.25, -0.2) is 17.2 Å². The number of amides is 1. The molecule has 0 saturated carbocycles. The lowest BCUT2D eigenvalue weighted by molar-refractivity contribution is 0.102. The van der Waals surface area contributed by atoms with E-state index in [4.69, 9.17) is 11.6 Å². The normalized spacial score (nSPS) is 11.2. The van der Waals surface area contributed by atoms with Gasteiger partial charge in [0.2, 0.25) is 0 Å². The SMILES string of the molecule is Cc1cc(Cl)ccc1NS(=O)(=O)c1ccc(NC(=O)c2ccc(F)cc2)c(F)c1. The van der Waals surface area contributed by atoms with E-state index >= 15 is 0 Å². The molecule has 0 aliphatic carbocycles. The highest BCUT2D eigenvalue weighted by molar-refractivity contribution is 7.92. The number of benzene rings is 3. The van der Waals surface area contributed by atoms with Gasteiger partial charge in [0.1, 0.15) is 11.6 Å². The lowest BCUT2D eigenvalue weighted by Gasteiger charge is -2.12. The second-order valence-corrected chi connectivity index (χ2v) is 8.29. The van der Waals surface area contributed by atoms with E-state index in [0.717, 1.165) is 30.3 Å². The topological polar surface area (TPSA) is 75.3 Å². The maximum atomic E-state index is 14.4. The second-order valence-electron chi connectivity index (χ2n) is 6.17. The number of rotatable bonds is 5. The highest BCUT2D eigenvalue weighted by Crippen LogP contribution is 2.25. The van der Waals surface area contributed by atoms with Gasteiger partial charge in [-0.05, 0) is 73.2 Å². The van der Waals surface area contributed by atoms with Crippen molar-refractivity contribution < 1.29 is 22.0 Å². The van der Waals surface area contributed by atoms with Gasteiger partial charge in [0, 0.05) is 10.6 Å². The first-order valence-electron chi connectivity index (χ1n) is 8.31. The van der Waals surface area contributed by atoms with Crippen molar-refractivity contribution in [3.63, 3.8) is 0 Å². The Kier molecular flexibility index (Phi) is 5.86. The van der Waals surface area contributed by atoms with Crippen LogP contribution >= 0.6 is 11.6 Å². The van der Waals surface area contributed by atoms with Crippen LogP contribution in [-0.2, 0) is 10.0 Å². The molecule has 3 aromatic carbocycles. The zero-order chi connectivity index (χ0) is 21.2. The van der Waals surface area contributed by atoms with E-state index in [-0.39, 0.29) is 16.1 Å². The van der Waals surface area contributed by atoms with Crippen molar-refractivity contribution in [2.45, 2.75) is 11.8 Å². The largest absolute Gasteiger partial charge is 0.319 e. The van der Waals surface area contributed by atoms with E-state index in [9.17, 15) is 22.0 Å². The Morgan fingerprint density at radius 3 is 2.21 bits per heavy atom. The monoisotopic (exact) mass is 436 g/mol. The summed E-state index contributed by atoms with van der Waals surface area (Å²) in [5.74, 6) is -2.10. The van der Waals surface area contributed by atoms with Crippen LogP contribution in [0, 0.1) is 18.6 Å². The number of nitrogens with one attached hydrogen (secondary N) is 2. The van der Waals surface area contributed by atoms with Gasteiger partial charge in [0.25, 0.3) is 15.9 Å². The number of sulfonamides is 1. The molecule has 9 heteroatoms. The van der Waals surface area contributed by atoms with Crippen LogP contribution < -0.4 is 10.0 Å². The fourth-order valence-corrected chi connectivity index (χ4v) is 3.87. The Morgan fingerprint density at radius 1 is 0.931 bits per heavy atom. The van der Waals surface area contributed by atoms with Crippen LogP contribution in [0.4, 0.5) is 20.2 Å². The molecule has 0 aliphatic heterocycles. The summed E-state index contributed by atoms with van der Waals surface area (Å²) in [4.78, 5) is 11.8. The number of anilines is 2. The molecule has 3 rings (SSSR count). The third-order valence-electron chi connectivity index (χ3n) is 4.04. The molecule has 150 valence electrons. The molecule has 0 spiro atoms. The summed E-state index contributed by atoms with van der Waals surface area (Å²) in [6.45, 7) is 1.68. The van der Waals surface area contributed by atoms with E-state index < -0.39 is 27.6 Å². The third-order valence-corrected chi connectivity index (χ3v) is 5.64. The van der Waals surface area contributed by atoms with Crippen LogP contribution in [-0.4, -0.2) is 14.3 Å². The summed E-state index contributed by atoms with van der Waals surface area (Å²) in [5.41, 5.74) is 0.830. The van der Waals surface area contributed by atoms with Gasteiger partial charge in [0.15, 0.2) is 0 Å². The summed E-state index contributed by atoms with van der Waals surface area (Å²) < 4.78 is 54.8. The van der Waals surface area contributed by atoms with Crippen molar-refractivity contribution in [3.05, 3.63) is 88.4 Å². The predicted octanol–water partition coefficient (Wildman–Crippen LogP) is 4.98. The first kappa shape index (κ1) is 20.8. The minimum absolute atomic E-state index is 0.127. The van der Waals surface area contributed by atoms with Crippen molar-refractivity contribution in [1.29, 1.82) is 0 Å². The van der Waals surface area contributed by atoms with Gasteiger partial charge in [-0.1, -0.05) is 11.6 Å². The van der Waals surface area contributed by atoms with Gasteiger partial charge < -0.3 is 5.32 Å². The molecule has 0 aliphatic rings. The Hall–Kier alpha value is -2.97. The number of carbonyl (C=O) groups is 1. The predicted molar refractivity (Wildman–Crippen MR) is 108 cm³/mol. The standard InChI is InChI=1S/C20H15ClF2N2O3S/c1-12-10-14(21)4-8-18(12)25-29(27,28)16-7-9-19(17(23)11-16)24-20(26)13-2-5-15(22)6-3-13/h2-11,25H,1H3,(H,24,26). The highest BCUT2D eigenvalue weighted by Gasteiger charge is 2.18. The number of carbonyl (C=O) groups excluding carboxylic acids is 1. The number of aryl methyl sites for hydroxylation is 1. The molecule has 0 unspecified atom stereocenters. The lowest BCUT2D eigenvalue weighted by Crippen LogP contribution is -2.16. The van der Waals surface area contributed by atoms with Crippen molar-refractivity contribution in [2.75, 3.05) is 10.0 Å². The molecule has 0 heterocycles. The molecule has 0 radical (unpaired) electrons. The maximum absolute atomic E-state index is 14.4. The van der Waals surface area contributed by atoms with Gasteiger partial charge in [-0.2, -0.15) is 0 Å². The smallest absolute Gasteiger partial charge is 0.262 e. The zero-order valence-electron chi connectivity index (χ0n) is 15.0. The zero-order valence-corrected chi connectivity index (χ0v) is 16.6. The maximum Gasteiger partial charge on any atom is 0.262 e. The molecular formula is C20H15ClF2N2O3S. The van der Waals surface area contributed by atoms with Crippen LogP contribution in [0.5, 0.6) is 0 Å². The molecule has 1 amide bonds. The van der Waals surface area contributed by atoms with E-state index in [2.05, 4.69) is 10.0 Å².